The summed E-state index contributed by atoms with van der Waals surface area (Å²) in [5.74, 6) is 0.759. The van der Waals surface area contributed by atoms with Crippen LogP contribution in [0.1, 0.15) is 36.9 Å². The number of nitrogens with one attached hydrogen (secondary N) is 1. The average molecular weight is 412 g/mol. The first kappa shape index (κ1) is 19.7. The van der Waals surface area contributed by atoms with Gasteiger partial charge in [-0.2, -0.15) is 23.3 Å². The molecule has 3 N–H and O–H groups in total. The Morgan fingerprint density at radius 3 is 2.69 bits per heavy atom. The molecule has 3 heterocycles. The van der Waals surface area contributed by atoms with Gasteiger partial charge in [0, 0.05) is 31.7 Å². The highest BCUT2D eigenvalue weighted by molar-refractivity contribution is 5.66. The van der Waals surface area contributed by atoms with Gasteiger partial charge < -0.3 is 20.5 Å². The summed E-state index contributed by atoms with van der Waals surface area (Å²) in [5.41, 5.74) is 5.79. The van der Waals surface area contributed by atoms with E-state index in [4.69, 9.17) is 15.2 Å². The van der Waals surface area contributed by atoms with Crippen LogP contribution in [0.3, 0.4) is 0 Å². The third-order valence-corrected chi connectivity index (χ3v) is 5.30. The molecule has 2 atom stereocenters. The number of nitrogen functional groups attached to an aromatic ring is 1. The minimum atomic E-state index is -4.61. The van der Waals surface area contributed by atoms with Crippen LogP contribution >= 0.6 is 0 Å². The number of hydrogen-bond donors (Lipinski definition) is 2. The Balaban J connectivity index is 1.59. The molecule has 1 saturated heterocycles. The average Bonchev–Trinajstić information content (AvgIpc) is 3.33. The Labute approximate surface area is 165 Å². The van der Waals surface area contributed by atoms with E-state index in [0.29, 0.717) is 43.5 Å². The molecular weight excluding hydrogens is 389 g/mol. The normalized spacial score (nSPS) is 22.1. The minimum absolute atomic E-state index is 0.0344. The quantitative estimate of drug-likeness (QED) is 0.752. The zero-order valence-electron chi connectivity index (χ0n) is 16.2. The lowest BCUT2D eigenvalue weighted by Gasteiger charge is -2.16. The monoisotopic (exact) mass is 412 g/mol. The van der Waals surface area contributed by atoms with Crippen LogP contribution in [0.2, 0.25) is 0 Å². The summed E-state index contributed by atoms with van der Waals surface area (Å²) in [5, 5.41) is 7.52. The number of alkyl halides is 3. The van der Waals surface area contributed by atoms with Crippen LogP contribution in [0.4, 0.5) is 30.6 Å². The summed E-state index contributed by atoms with van der Waals surface area (Å²) in [7, 11) is 1.77. The van der Waals surface area contributed by atoms with E-state index in [-0.39, 0.29) is 17.8 Å². The van der Waals surface area contributed by atoms with Crippen molar-refractivity contribution in [3.05, 3.63) is 17.5 Å². The molecule has 0 amide bonds. The van der Waals surface area contributed by atoms with E-state index in [1.807, 2.05) is 0 Å². The molecular formula is C18H23F3N6O2. The second kappa shape index (κ2) is 7.36. The maximum atomic E-state index is 12.9. The van der Waals surface area contributed by atoms with Gasteiger partial charge in [0.15, 0.2) is 0 Å². The van der Waals surface area contributed by atoms with Crippen molar-refractivity contribution in [3.8, 4) is 5.88 Å². The highest BCUT2D eigenvalue weighted by Crippen LogP contribution is 2.46. The van der Waals surface area contributed by atoms with Gasteiger partial charge in [0.2, 0.25) is 11.8 Å². The number of aryl methyl sites for hydroxylation is 1. The fourth-order valence-electron chi connectivity index (χ4n) is 3.34. The van der Waals surface area contributed by atoms with Crippen LogP contribution < -0.4 is 15.8 Å². The van der Waals surface area contributed by atoms with Gasteiger partial charge in [-0.05, 0) is 18.8 Å². The zero-order chi connectivity index (χ0) is 20.8. The van der Waals surface area contributed by atoms with Crippen molar-refractivity contribution in [2.75, 3.05) is 30.9 Å². The topological polar surface area (TPSA) is 100 Å². The van der Waals surface area contributed by atoms with E-state index in [0.717, 1.165) is 18.5 Å². The van der Waals surface area contributed by atoms with E-state index in [1.54, 1.807) is 11.7 Å². The Kier molecular flexibility index (Phi) is 5.01. The molecule has 0 bridgehead atoms. The number of aromatic nitrogens is 4. The molecule has 11 heteroatoms. The lowest BCUT2D eigenvalue weighted by atomic mass is 9.99. The Bertz CT molecular complexity index is 896. The van der Waals surface area contributed by atoms with Gasteiger partial charge in [0.25, 0.3) is 0 Å². The lowest BCUT2D eigenvalue weighted by molar-refractivity contribution is -0.137. The van der Waals surface area contributed by atoms with Crippen molar-refractivity contribution in [1.82, 2.24) is 19.7 Å². The van der Waals surface area contributed by atoms with Gasteiger partial charge >= 0.3 is 6.18 Å². The van der Waals surface area contributed by atoms with E-state index in [2.05, 4.69) is 27.3 Å². The molecule has 2 aromatic rings. The molecule has 1 aliphatic carbocycles. The molecule has 1 aliphatic heterocycles. The lowest BCUT2D eigenvalue weighted by Crippen LogP contribution is -2.19. The molecule has 0 aromatic carbocycles. The van der Waals surface area contributed by atoms with Crippen molar-refractivity contribution in [3.63, 3.8) is 0 Å². The van der Waals surface area contributed by atoms with Crippen molar-refractivity contribution in [2.24, 2.45) is 18.9 Å². The molecule has 2 fully saturated rings. The van der Waals surface area contributed by atoms with Gasteiger partial charge in [-0.15, -0.1) is 0 Å². The number of anilines is 3. The highest BCUT2D eigenvalue weighted by atomic mass is 19.4. The first-order valence-corrected chi connectivity index (χ1v) is 9.48. The van der Waals surface area contributed by atoms with Gasteiger partial charge in [0.05, 0.1) is 18.9 Å². The number of ether oxygens (including phenoxy) is 2. The summed E-state index contributed by atoms with van der Waals surface area (Å²) in [4.78, 5) is 7.57. The number of hydrogen-bond acceptors (Lipinski definition) is 7. The third kappa shape index (κ3) is 4.09. The first-order valence-electron chi connectivity index (χ1n) is 9.48. The maximum absolute atomic E-state index is 12.9. The maximum Gasteiger partial charge on any atom is 0.421 e. The van der Waals surface area contributed by atoms with Crippen LogP contribution in [-0.2, 0) is 18.0 Å². The molecule has 158 valence electrons. The Morgan fingerprint density at radius 2 is 2.10 bits per heavy atom. The predicted octanol–water partition coefficient (Wildman–Crippen LogP) is 3.09. The number of nitrogens with zero attached hydrogens (tertiary/aromatic N) is 4. The smallest absolute Gasteiger partial charge is 0.421 e. The largest absolute Gasteiger partial charge is 0.476 e. The summed E-state index contributed by atoms with van der Waals surface area (Å²) < 4.78 is 51.9. The van der Waals surface area contributed by atoms with Crippen LogP contribution in [0.5, 0.6) is 5.88 Å². The summed E-state index contributed by atoms with van der Waals surface area (Å²) in [6.45, 7) is 3.90. The second-order valence-electron chi connectivity index (χ2n) is 7.66. The second-order valence-corrected chi connectivity index (χ2v) is 7.66. The molecule has 29 heavy (non-hydrogen) atoms. The van der Waals surface area contributed by atoms with Gasteiger partial charge in [-0.1, -0.05) is 6.92 Å². The molecule has 0 radical (unpaired) electrons. The zero-order valence-corrected chi connectivity index (χ0v) is 16.2. The molecule has 2 aromatic heterocycles. The summed E-state index contributed by atoms with van der Waals surface area (Å²) in [6, 6.07) is 0. The van der Waals surface area contributed by atoms with Crippen molar-refractivity contribution in [2.45, 2.75) is 31.9 Å². The Morgan fingerprint density at radius 1 is 1.34 bits per heavy atom. The number of nitrogens with two attached hydrogens (primary N) is 1. The predicted molar refractivity (Wildman–Crippen MR) is 98.9 cm³/mol. The van der Waals surface area contributed by atoms with Crippen molar-refractivity contribution >= 4 is 17.5 Å². The number of rotatable bonds is 6. The van der Waals surface area contributed by atoms with Crippen LogP contribution in [0, 0.1) is 11.8 Å². The fraction of sp³-hybridized carbons (Fsp3) is 0.611. The van der Waals surface area contributed by atoms with Crippen LogP contribution in [-0.4, -0.2) is 39.6 Å². The van der Waals surface area contributed by atoms with Crippen LogP contribution in [0.25, 0.3) is 0 Å². The fourth-order valence-corrected chi connectivity index (χ4v) is 3.34. The third-order valence-electron chi connectivity index (χ3n) is 5.30. The van der Waals surface area contributed by atoms with Gasteiger partial charge in [0.1, 0.15) is 17.1 Å². The Hall–Kier alpha value is -2.56. The highest BCUT2D eigenvalue weighted by Gasteiger charge is 2.36. The molecule has 1 saturated carbocycles. The number of halogens is 3. The minimum Gasteiger partial charge on any atom is -0.476 e. The summed E-state index contributed by atoms with van der Waals surface area (Å²) in [6.07, 6.45) is -1.94. The van der Waals surface area contributed by atoms with E-state index >= 15 is 0 Å². The first-order chi connectivity index (χ1) is 13.7. The van der Waals surface area contributed by atoms with Gasteiger partial charge in [-0.3, -0.25) is 0 Å². The molecule has 8 nitrogen and oxygen atoms in total. The molecule has 0 spiro atoms. The van der Waals surface area contributed by atoms with E-state index in [1.165, 1.54) is 0 Å². The standard InChI is InChI=1S/C18H23F3N6O2/c1-9-6-28-7-11(9)8-29-16-14(13(10-3-4-10)26-27(16)2)24-17-23-5-12(15(22)25-17)18(19,20)21/h5,9-11H,3-4,6-8H2,1-2H3,(H3,22,23,24,25)/t9-,11?/m0/s1. The van der Waals surface area contributed by atoms with Crippen molar-refractivity contribution in [1.29, 1.82) is 0 Å². The molecule has 2 aliphatic rings. The molecule has 1 unspecified atom stereocenters. The van der Waals surface area contributed by atoms with E-state index in [9.17, 15) is 13.2 Å². The van der Waals surface area contributed by atoms with Crippen LogP contribution in [0.15, 0.2) is 6.20 Å². The van der Waals surface area contributed by atoms with E-state index < -0.39 is 17.6 Å². The molecule has 4 rings (SSSR count). The van der Waals surface area contributed by atoms with Gasteiger partial charge in [-0.25, -0.2) is 9.67 Å². The SMILES string of the molecule is C[C@H]1COCC1COc1c(Nc2ncc(C(F)(F)F)c(N)n2)c(C2CC2)nn1C. The summed E-state index contributed by atoms with van der Waals surface area (Å²) >= 11 is 0. The van der Waals surface area contributed by atoms with Crippen molar-refractivity contribution < 1.29 is 22.6 Å².